The molecule has 3 nitrogen and oxygen atoms in total. The molecule has 0 aromatic carbocycles. The predicted molar refractivity (Wildman–Crippen MR) is 80.3 cm³/mol. The van der Waals surface area contributed by atoms with Crippen molar-refractivity contribution >= 4 is 34.7 Å². The van der Waals surface area contributed by atoms with Crippen LogP contribution in [0.15, 0.2) is 40.4 Å². The Morgan fingerprint density at radius 1 is 1.47 bits per heavy atom. The lowest BCUT2D eigenvalue weighted by Gasteiger charge is -2.21. The Morgan fingerprint density at radius 2 is 2.32 bits per heavy atom. The van der Waals surface area contributed by atoms with E-state index in [1.165, 1.54) is 17.4 Å². The van der Waals surface area contributed by atoms with Gasteiger partial charge in [-0.3, -0.25) is 4.79 Å². The Morgan fingerprint density at radius 3 is 2.95 bits per heavy atom. The van der Waals surface area contributed by atoms with Gasteiger partial charge in [0.15, 0.2) is 0 Å². The Kier molecular flexibility index (Phi) is 4.52. The van der Waals surface area contributed by atoms with Gasteiger partial charge in [-0.2, -0.15) is 11.3 Å². The molecule has 100 valence electrons. The highest BCUT2D eigenvalue weighted by Gasteiger charge is 2.24. The maximum absolute atomic E-state index is 11.7. The van der Waals surface area contributed by atoms with Crippen molar-refractivity contribution in [1.29, 1.82) is 0 Å². The first-order valence-corrected chi connectivity index (χ1v) is 7.65. The third kappa shape index (κ3) is 4.02. The first kappa shape index (κ1) is 14.0. The molecule has 2 heterocycles. The lowest BCUT2D eigenvalue weighted by Crippen LogP contribution is -2.37. The SMILES string of the molecule is C[C@@](O)(CNC(=O)/C=C\c1ccsc1)c1cccs1. The van der Waals surface area contributed by atoms with E-state index in [2.05, 4.69) is 5.32 Å². The van der Waals surface area contributed by atoms with Gasteiger partial charge in [0.05, 0.1) is 6.54 Å². The summed E-state index contributed by atoms with van der Waals surface area (Å²) in [6.07, 6.45) is 3.23. The number of carbonyl (C=O) groups excluding carboxylic acids is 1. The maximum atomic E-state index is 11.7. The third-order valence-electron chi connectivity index (χ3n) is 2.63. The summed E-state index contributed by atoms with van der Waals surface area (Å²) in [7, 11) is 0. The largest absolute Gasteiger partial charge is 0.383 e. The molecule has 0 saturated heterocycles. The van der Waals surface area contributed by atoms with Crippen molar-refractivity contribution in [3.8, 4) is 0 Å². The summed E-state index contributed by atoms with van der Waals surface area (Å²) in [4.78, 5) is 12.5. The fourth-order valence-corrected chi connectivity index (χ4v) is 2.95. The topological polar surface area (TPSA) is 49.3 Å². The Balaban J connectivity index is 1.87. The van der Waals surface area contributed by atoms with E-state index in [0.717, 1.165) is 10.4 Å². The molecule has 19 heavy (non-hydrogen) atoms. The van der Waals surface area contributed by atoms with Crippen molar-refractivity contribution in [2.24, 2.45) is 0 Å². The van der Waals surface area contributed by atoms with E-state index in [0.29, 0.717) is 0 Å². The zero-order chi connectivity index (χ0) is 13.7. The molecule has 0 saturated carbocycles. The van der Waals surface area contributed by atoms with E-state index in [4.69, 9.17) is 0 Å². The van der Waals surface area contributed by atoms with Crippen molar-refractivity contribution in [3.63, 3.8) is 0 Å². The normalized spacial score (nSPS) is 14.4. The monoisotopic (exact) mass is 293 g/mol. The third-order valence-corrected chi connectivity index (χ3v) is 4.45. The van der Waals surface area contributed by atoms with Crippen LogP contribution in [0.2, 0.25) is 0 Å². The minimum atomic E-state index is -1.03. The van der Waals surface area contributed by atoms with Crippen LogP contribution in [0.25, 0.3) is 6.08 Å². The lowest BCUT2D eigenvalue weighted by atomic mass is 10.1. The standard InChI is InChI=1S/C14H15NO2S2/c1-14(17,12-3-2-7-19-12)10-15-13(16)5-4-11-6-8-18-9-11/h2-9,17H,10H2,1H3,(H,15,16)/b5-4-/t14-/m1/s1. The van der Waals surface area contributed by atoms with Crippen molar-refractivity contribution < 1.29 is 9.90 Å². The van der Waals surface area contributed by atoms with Gasteiger partial charge in [-0.05, 0) is 46.8 Å². The number of rotatable bonds is 5. The van der Waals surface area contributed by atoms with Crippen LogP contribution >= 0.6 is 22.7 Å². The maximum Gasteiger partial charge on any atom is 0.244 e. The van der Waals surface area contributed by atoms with Crippen LogP contribution < -0.4 is 5.32 Å². The molecule has 5 heteroatoms. The number of hydrogen-bond donors (Lipinski definition) is 2. The Labute approximate surface area is 120 Å². The van der Waals surface area contributed by atoms with Gasteiger partial charge in [-0.1, -0.05) is 6.07 Å². The molecule has 0 unspecified atom stereocenters. The van der Waals surface area contributed by atoms with Crippen molar-refractivity contribution in [1.82, 2.24) is 5.32 Å². The number of carbonyl (C=O) groups is 1. The first-order valence-electron chi connectivity index (χ1n) is 5.82. The smallest absolute Gasteiger partial charge is 0.244 e. The summed E-state index contributed by atoms with van der Waals surface area (Å²) in [6, 6.07) is 5.68. The molecule has 0 aliphatic rings. The van der Waals surface area contributed by atoms with Crippen LogP contribution in [-0.4, -0.2) is 17.6 Å². The van der Waals surface area contributed by atoms with Crippen LogP contribution in [0, 0.1) is 0 Å². The second-order valence-electron chi connectivity index (χ2n) is 4.36. The summed E-state index contributed by atoms with van der Waals surface area (Å²) < 4.78 is 0. The molecule has 1 atom stereocenters. The van der Waals surface area contributed by atoms with Gasteiger partial charge in [-0.25, -0.2) is 0 Å². The molecule has 2 aromatic heterocycles. The van der Waals surface area contributed by atoms with Gasteiger partial charge in [0, 0.05) is 11.0 Å². The molecule has 0 spiro atoms. The van der Waals surface area contributed by atoms with Crippen molar-refractivity contribution in [3.05, 3.63) is 50.9 Å². The quantitative estimate of drug-likeness (QED) is 0.833. The van der Waals surface area contributed by atoms with Crippen LogP contribution in [0.1, 0.15) is 17.4 Å². The second kappa shape index (κ2) is 6.14. The Hall–Kier alpha value is -1.43. The summed E-state index contributed by atoms with van der Waals surface area (Å²) in [6.45, 7) is 1.89. The molecular weight excluding hydrogens is 278 g/mol. The first-order chi connectivity index (χ1) is 9.08. The molecule has 0 fully saturated rings. The zero-order valence-corrected chi connectivity index (χ0v) is 12.1. The van der Waals surface area contributed by atoms with E-state index >= 15 is 0 Å². The van der Waals surface area contributed by atoms with E-state index in [1.54, 1.807) is 24.3 Å². The highest BCUT2D eigenvalue weighted by atomic mass is 32.1. The number of aliphatic hydroxyl groups is 1. The fourth-order valence-electron chi connectivity index (χ4n) is 1.53. The summed E-state index contributed by atoms with van der Waals surface area (Å²) >= 11 is 3.06. The van der Waals surface area contributed by atoms with Crippen LogP contribution in [0.5, 0.6) is 0 Å². The van der Waals surface area contributed by atoms with Gasteiger partial charge in [0.2, 0.25) is 5.91 Å². The van der Waals surface area contributed by atoms with Gasteiger partial charge in [0.25, 0.3) is 0 Å². The van der Waals surface area contributed by atoms with Crippen LogP contribution in [-0.2, 0) is 10.4 Å². The van der Waals surface area contributed by atoms with Gasteiger partial charge < -0.3 is 10.4 Å². The predicted octanol–water partition coefficient (Wildman–Crippen LogP) is 2.85. The number of hydrogen-bond acceptors (Lipinski definition) is 4. The molecule has 0 bridgehead atoms. The van der Waals surface area contributed by atoms with Gasteiger partial charge >= 0.3 is 0 Å². The van der Waals surface area contributed by atoms with Gasteiger partial charge in [-0.15, -0.1) is 11.3 Å². The molecule has 2 aromatic rings. The van der Waals surface area contributed by atoms with Crippen molar-refractivity contribution in [2.75, 3.05) is 6.54 Å². The minimum Gasteiger partial charge on any atom is -0.383 e. The van der Waals surface area contributed by atoms with E-state index < -0.39 is 5.60 Å². The van der Waals surface area contributed by atoms with E-state index in [-0.39, 0.29) is 12.5 Å². The number of thiophene rings is 2. The Bertz CT molecular complexity index is 542. The minimum absolute atomic E-state index is 0.195. The lowest BCUT2D eigenvalue weighted by molar-refractivity contribution is -0.117. The average Bonchev–Trinajstić information content (AvgIpc) is 3.06. The molecule has 0 aliphatic heterocycles. The number of amides is 1. The molecule has 2 rings (SSSR count). The average molecular weight is 293 g/mol. The second-order valence-corrected chi connectivity index (χ2v) is 6.09. The van der Waals surface area contributed by atoms with E-state index in [9.17, 15) is 9.90 Å². The molecule has 0 aliphatic carbocycles. The fraction of sp³-hybridized carbons (Fsp3) is 0.214. The summed E-state index contributed by atoms with van der Waals surface area (Å²) in [5.74, 6) is -0.206. The van der Waals surface area contributed by atoms with Gasteiger partial charge in [0.1, 0.15) is 5.60 Å². The molecule has 0 radical (unpaired) electrons. The van der Waals surface area contributed by atoms with E-state index in [1.807, 2.05) is 34.3 Å². The number of nitrogens with one attached hydrogen (secondary N) is 1. The summed E-state index contributed by atoms with van der Waals surface area (Å²) in [5.41, 5.74) is -0.0229. The highest BCUT2D eigenvalue weighted by molar-refractivity contribution is 7.10. The van der Waals surface area contributed by atoms with Crippen molar-refractivity contribution in [2.45, 2.75) is 12.5 Å². The van der Waals surface area contributed by atoms with Crippen LogP contribution in [0.3, 0.4) is 0 Å². The highest BCUT2D eigenvalue weighted by Crippen LogP contribution is 2.24. The molecule has 1 amide bonds. The molecular formula is C14H15NO2S2. The van der Waals surface area contributed by atoms with Crippen LogP contribution in [0.4, 0.5) is 0 Å². The summed E-state index contributed by atoms with van der Waals surface area (Å²) in [5, 5.41) is 18.8. The zero-order valence-electron chi connectivity index (χ0n) is 10.5. The molecule has 2 N–H and O–H groups in total.